The molecule has 1 aromatic rings. The van der Waals surface area contributed by atoms with Crippen LogP contribution in [0.3, 0.4) is 0 Å². The van der Waals surface area contributed by atoms with Crippen molar-refractivity contribution >= 4 is 17.3 Å². The van der Waals surface area contributed by atoms with Gasteiger partial charge in [-0.1, -0.05) is 6.92 Å². The second kappa shape index (κ2) is 5.66. The molecule has 9 heteroatoms. The first-order valence-corrected chi connectivity index (χ1v) is 9.73. The number of hydrogen-bond donors (Lipinski definition) is 3. The molecule has 3 N–H and O–H groups in total. The van der Waals surface area contributed by atoms with Crippen molar-refractivity contribution in [3.05, 3.63) is 27.8 Å². The molecule has 1 aliphatic heterocycles. The van der Waals surface area contributed by atoms with Gasteiger partial charge in [-0.25, -0.2) is 4.79 Å². The zero-order valence-electron chi connectivity index (χ0n) is 17.3. The van der Waals surface area contributed by atoms with Crippen molar-refractivity contribution < 1.29 is 38.9 Å². The lowest BCUT2D eigenvalue weighted by molar-refractivity contribution is -0.296. The van der Waals surface area contributed by atoms with Gasteiger partial charge in [0.2, 0.25) is 0 Å². The summed E-state index contributed by atoms with van der Waals surface area (Å²) in [6, 6.07) is 1.31. The van der Waals surface area contributed by atoms with E-state index in [2.05, 4.69) is 0 Å². The van der Waals surface area contributed by atoms with Crippen LogP contribution in [-0.4, -0.2) is 55.6 Å². The Hall–Kier alpha value is -2.36. The molecule has 3 aliphatic rings. The highest BCUT2D eigenvalue weighted by molar-refractivity contribution is 6.14. The number of carbonyl (C=O) groups is 3. The molecule has 0 bridgehead atoms. The number of ether oxygens (including phenoxy) is 1. The quantitative estimate of drug-likeness (QED) is 0.490. The molecule has 162 valence electrons. The van der Waals surface area contributed by atoms with Crippen molar-refractivity contribution in [2.24, 2.45) is 17.3 Å². The van der Waals surface area contributed by atoms with E-state index in [1.54, 1.807) is 0 Å². The topological polar surface area (TPSA) is 151 Å². The summed E-state index contributed by atoms with van der Waals surface area (Å²) in [5.74, 6) is -4.91. The average Bonchev–Trinajstić information content (AvgIpc) is 2.62. The van der Waals surface area contributed by atoms with Gasteiger partial charge >= 0.3 is 5.63 Å². The molecule has 6 atom stereocenters. The van der Waals surface area contributed by atoms with Crippen molar-refractivity contribution in [2.45, 2.75) is 63.9 Å². The lowest BCUT2D eigenvalue weighted by atomic mass is 9.46. The molecular formula is C21H24O9. The zero-order chi connectivity index (χ0) is 22.6. The smallest absolute Gasteiger partial charge is 0.350 e. The van der Waals surface area contributed by atoms with E-state index in [9.17, 15) is 34.5 Å². The van der Waals surface area contributed by atoms with Crippen LogP contribution in [0.4, 0.5) is 0 Å². The minimum Gasteiger partial charge on any atom is -0.483 e. The molecular weight excluding hydrogens is 396 g/mol. The van der Waals surface area contributed by atoms with E-state index in [0.717, 1.165) is 0 Å². The zero-order valence-corrected chi connectivity index (χ0v) is 17.3. The minimum absolute atomic E-state index is 0.133. The van der Waals surface area contributed by atoms with Crippen LogP contribution in [0.2, 0.25) is 0 Å². The summed E-state index contributed by atoms with van der Waals surface area (Å²) < 4.78 is 10.9. The molecule has 0 radical (unpaired) electrons. The van der Waals surface area contributed by atoms with Crippen LogP contribution in [-0.2, 0) is 9.59 Å². The number of fused-ring (bicyclic) bond motifs is 3. The molecule has 0 spiro atoms. The Kier molecular flexibility index (Phi) is 3.94. The fourth-order valence-electron chi connectivity index (χ4n) is 5.51. The molecule has 30 heavy (non-hydrogen) atoms. The van der Waals surface area contributed by atoms with Gasteiger partial charge in [0.1, 0.15) is 40.2 Å². The van der Waals surface area contributed by atoms with Crippen molar-refractivity contribution in [1.29, 1.82) is 0 Å². The van der Waals surface area contributed by atoms with E-state index >= 15 is 0 Å². The van der Waals surface area contributed by atoms with Crippen LogP contribution in [0.15, 0.2) is 15.3 Å². The highest BCUT2D eigenvalue weighted by Crippen LogP contribution is 2.59. The third kappa shape index (κ3) is 2.07. The maximum absolute atomic E-state index is 13.3. The molecule has 0 saturated heterocycles. The van der Waals surface area contributed by atoms with Crippen LogP contribution in [0, 0.1) is 24.2 Å². The maximum atomic E-state index is 13.3. The average molecular weight is 420 g/mol. The SMILES string of the molecule is Cc1cc2c(c(=O)o1)C(=O)[C@@H]1[C@@H](C)[C@]3(O)CC(=O)C(C)(C)C(=O)[C@@]3(O)[C@@H](O)[C@@]1(C)O2. The van der Waals surface area contributed by atoms with Crippen LogP contribution in [0.5, 0.6) is 5.75 Å². The number of aryl methyl sites for hydroxylation is 1. The van der Waals surface area contributed by atoms with Gasteiger partial charge in [-0.15, -0.1) is 0 Å². The van der Waals surface area contributed by atoms with E-state index in [4.69, 9.17) is 9.15 Å². The number of ketones is 3. The predicted octanol–water partition coefficient (Wildman–Crippen LogP) is -0.0609. The summed E-state index contributed by atoms with van der Waals surface area (Å²) in [7, 11) is 0. The second-order valence-corrected chi connectivity index (χ2v) is 9.45. The van der Waals surface area contributed by atoms with E-state index in [0.29, 0.717) is 0 Å². The van der Waals surface area contributed by atoms with Crippen molar-refractivity contribution in [3.63, 3.8) is 0 Å². The summed E-state index contributed by atoms with van der Waals surface area (Å²) in [4.78, 5) is 51.5. The van der Waals surface area contributed by atoms with E-state index < -0.39 is 69.6 Å². The monoisotopic (exact) mass is 420 g/mol. The summed E-state index contributed by atoms with van der Waals surface area (Å²) in [6.07, 6.45) is -2.70. The van der Waals surface area contributed by atoms with Crippen LogP contribution in [0.25, 0.3) is 0 Å². The lowest BCUT2D eigenvalue weighted by Crippen LogP contribution is -2.85. The summed E-state index contributed by atoms with van der Waals surface area (Å²) in [6.45, 7) is 6.85. The lowest BCUT2D eigenvalue weighted by Gasteiger charge is -2.64. The predicted molar refractivity (Wildman–Crippen MR) is 100 cm³/mol. The van der Waals surface area contributed by atoms with E-state index in [1.165, 1.54) is 40.7 Å². The highest BCUT2D eigenvalue weighted by Gasteiger charge is 2.79. The number of hydrogen-bond acceptors (Lipinski definition) is 9. The molecule has 4 rings (SSSR count). The molecule has 2 aliphatic carbocycles. The van der Waals surface area contributed by atoms with E-state index in [1.807, 2.05) is 0 Å². The van der Waals surface area contributed by atoms with Gasteiger partial charge < -0.3 is 24.5 Å². The Balaban J connectivity index is 1.99. The first-order valence-electron chi connectivity index (χ1n) is 9.73. The van der Waals surface area contributed by atoms with Gasteiger partial charge in [0.25, 0.3) is 0 Å². The molecule has 1 aromatic heterocycles. The second-order valence-electron chi connectivity index (χ2n) is 9.45. The number of aliphatic hydroxyl groups excluding tert-OH is 1. The van der Waals surface area contributed by atoms with Gasteiger partial charge in [0, 0.05) is 18.4 Å². The van der Waals surface area contributed by atoms with Crippen LogP contribution in [0.1, 0.15) is 50.2 Å². The molecule has 2 heterocycles. The number of carbonyl (C=O) groups excluding carboxylic acids is 3. The fourth-order valence-corrected chi connectivity index (χ4v) is 5.51. The Morgan fingerprint density at radius 3 is 2.30 bits per heavy atom. The van der Waals surface area contributed by atoms with E-state index in [-0.39, 0.29) is 17.1 Å². The van der Waals surface area contributed by atoms with Crippen molar-refractivity contribution in [3.8, 4) is 5.75 Å². The van der Waals surface area contributed by atoms with Gasteiger partial charge in [0.05, 0.1) is 11.3 Å². The Bertz CT molecular complexity index is 1070. The van der Waals surface area contributed by atoms with Gasteiger partial charge in [-0.05, 0) is 27.7 Å². The first kappa shape index (κ1) is 20.9. The molecule has 0 aromatic carbocycles. The first-order chi connectivity index (χ1) is 13.6. The molecule has 9 nitrogen and oxygen atoms in total. The maximum Gasteiger partial charge on any atom is 0.350 e. The summed E-state index contributed by atoms with van der Waals surface area (Å²) >= 11 is 0. The molecule has 0 amide bonds. The molecule has 2 fully saturated rings. The van der Waals surface area contributed by atoms with Gasteiger partial charge in [-0.2, -0.15) is 0 Å². The Morgan fingerprint density at radius 1 is 1.10 bits per heavy atom. The van der Waals surface area contributed by atoms with Crippen molar-refractivity contribution in [2.75, 3.05) is 0 Å². The highest BCUT2D eigenvalue weighted by atomic mass is 16.5. The molecule has 0 unspecified atom stereocenters. The standard InChI is InChI=1S/C21H24O9/c1-8-6-10-12(15(24)29-8)14(23)13-9(2)20(27)7-11(22)18(3,4)16(25)21(20,28)17(26)19(13,5)30-10/h6,9,13,17,26-28H,7H2,1-5H3/t9-,13+,17+,19+,20-,21-/m1/s1. The van der Waals surface area contributed by atoms with Crippen LogP contribution < -0.4 is 10.4 Å². The number of Topliss-reactive ketones (excluding diaryl/α,β-unsaturated/α-hetero) is 3. The van der Waals surface area contributed by atoms with Gasteiger partial charge in [-0.3, -0.25) is 14.4 Å². The van der Waals surface area contributed by atoms with Crippen molar-refractivity contribution in [1.82, 2.24) is 0 Å². The summed E-state index contributed by atoms with van der Waals surface area (Å²) in [5, 5.41) is 34.2. The Labute approximate surface area is 171 Å². The van der Waals surface area contributed by atoms with Gasteiger partial charge in [0.15, 0.2) is 17.2 Å². The number of rotatable bonds is 0. The summed E-state index contributed by atoms with van der Waals surface area (Å²) in [5.41, 5.74) is -9.99. The largest absolute Gasteiger partial charge is 0.483 e. The Morgan fingerprint density at radius 2 is 1.70 bits per heavy atom. The van der Waals surface area contributed by atoms with Crippen LogP contribution >= 0.6 is 0 Å². The third-order valence-electron chi connectivity index (χ3n) is 7.41. The minimum atomic E-state index is -2.76. The molecule has 2 saturated carbocycles. The fraction of sp³-hybridized carbons (Fsp3) is 0.619. The normalized spacial score (nSPS) is 42.1. The third-order valence-corrected chi connectivity index (χ3v) is 7.41. The number of aliphatic hydroxyl groups is 3.